The van der Waals surface area contributed by atoms with Gasteiger partial charge in [-0.2, -0.15) is 13.2 Å². The molecule has 16 heteroatoms. The van der Waals surface area contributed by atoms with E-state index in [9.17, 15) is 45.8 Å². The number of carbonyl (C=O) groups excluding carboxylic acids is 3. The molecule has 2 aromatic rings. The Kier molecular flexibility index (Phi) is 9.14. The SMILES string of the molecule is CC(C)(C)OC(=O)NC(CC(=O)N1CCc2c(nc(-c3ccc(F)cc3)nc2C(F)(F)F)C1)CN1C(=O)CCC(F)(F)[C@@H]1O. The highest BCUT2D eigenvalue weighted by Gasteiger charge is 2.49. The second-order valence-corrected chi connectivity index (χ2v) is 11.6. The molecular formula is C28H31F6N5O5. The van der Waals surface area contributed by atoms with Gasteiger partial charge >= 0.3 is 12.3 Å². The van der Waals surface area contributed by atoms with Crippen LogP contribution in [0.4, 0.5) is 31.1 Å². The Hall–Kier alpha value is -3.95. The highest BCUT2D eigenvalue weighted by molar-refractivity contribution is 5.80. The first-order valence-electron chi connectivity index (χ1n) is 13.7. The molecule has 4 rings (SSSR count). The summed E-state index contributed by atoms with van der Waals surface area (Å²) in [6.45, 7) is 3.46. The van der Waals surface area contributed by atoms with Crippen molar-refractivity contribution in [1.82, 2.24) is 25.1 Å². The van der Waals surface area contributed by atoms with Gasteiger partial charge in [0.15, 0.2) is 17.7 Å². The van der Waals surface area contributed by atoms with Gasteiger partial charge in [0.2, 0.25) is 11.8 Å². The predicted octanol–water partition coefficient (Wildman–Crippen LogP) is 4.05. The van der Waals surface area contributed by atoms with Crippen molar-refractivity contribution in [2.45, 2.75) is 83.0 Å². The van der Waals surface area contributed by atoms with Crippen molar-refractivity contribution in [3.8, 4) is 11.4 Å². The summed E-state index contributed by atoms with van der Waals surface area (Å²) in [6, 6.07) is 3.21. The molecule has 1 saturated heterocycles. The number of nitrogens with one attached hydrogen (secondary N) is 1. The quantitative estimate of drug-likeness (QED) is 0.461. The van der Waals surface area contributed by atoms with Gasteiger partial charge in [-0.3, -0.25) is 9.59 Å². The summed E-state index contributed by atoms with van der Waals surface area (Å²) in [5, 5.41) is 12.5. The second-order valence-electron chi connectivity index (χ2n) is 11.6. The molecule has 10 nitrogen and oxygen atoms in total. The molecule has 1 unspecified atom stereocenters. The third-order valence-corrected chi connectivity index (χ3v) is 7.01. The van der Waals surface area contributed by atoms with Crippen molar-refractivity contribution < 1.29 is 50.6 Å². The first kappa shape index (κ1) is 33.0. The standard InChI is InChI=1S/C28H31F6N5O5/c1-26(2,3)44-25(43)35-17(13-39-20(40)8-10-27(30,31)24(39)42)12-21(41)38-11-9-18-19(14-38)36-23(37-22(18)28(32,33)34)15-4-6-16(29)7-5-15/h4-7,17,24,42H,8-14H2,1-3H3,(H,35,43)/t17?,24-/m0/s1. The molecule has 3 amide bonds. The molecule has 0 bridgehead atoms. The highest BCUT2D eigenvalue weighted by Crippen LogP contribution is 2.36. The number of alkyl halides is 5. The average Bonchev–Trinajstić information content (AvgIpc) is 2.91. The first-order valence-corrected chi connectivity index (χ1v) is 13.7. The minimum Gasteiger partial charge on any atom is -0.444 e. The van der Waals surface area contributed by atoms with Gasteiger partial charge in [0.05, 0.1) is 18.3 Å². The molecule has 2 atom stereocenters. The summed E-state index contributed by atoms with van der Waals surface area (Å²) in [4.78, 5) is 47.9. The van der Waals surface area contributed by atoms with E-state index in [2.05, 4.69) is 15.3 Å². The van der Waals surface area contributed by atoms with Gasteiger partial charge in [-0.25, -0.2) is 27.9 Å². The van der Waals surface area contributed by atoms with E-state index in [0.29, 0.717) is 4.90 Å². The van der Waals surface area contributed by atoms with Gasteiger partial charge in [-0.1, -0.05) is 0 Å². The number of aromatic nitrogens is 2. The van der Waals surface area contributed by atoms with E-state index >= 15 is 0 Å². The summed E-state index contributed by atoms with van der Waals surface area (Å²) in [7, 11) is 0. The number of aliphatic hydroxyl groups excluding tert-OH is 1. The van der Waals surface area contributed by atoms with Crippen LogP contribution in [0, 0.1) is 5.82 Å². The van der Waals surface area contributed by atoms with E-state index in [4.69, 9.17) is 4.74 Å². The van der Waals surface area contributed by atoms with Crippen molar-refractivity contribution in [3.05, 3.63) is 47.0 Å². The van der Waals surface area contributed by atoms with Gasteiger partial charge in [0.25, 0.3) is 5.92 Å². The lowest BCUT2D eigenvalue weighted by Crippen LogP contribution is -2.59. The zero-order chi connectivity index (χ0) is 32.6. The summed E-state index contributed by atoms with van der Waals surface area (Å²) in [6.07, 6.45) is -10.6. The summed E-state index contributed by atoms with van der Waals surface area (Å²) in [5.41, 5.74) is -2.34. The largest absolute Gasteiger partial charge is 0.444 e. The molecule has 1 fully saturated rings. The Balaban J connectivity index is 1.59. The van der Waals surface area contributed by atoms with Crippen LogP contribution in [0.1, 0.15) is 57.0 Å². The van der Waals surface area contributed by atoms with Crippen LogP contribution in [-0.4, -0.2) is 79.7 Å². The number of piperidine rings is 1. The van der Waals surface area contributed by atoms with Crippen molar-refractivity contribution in [2.24, 2.45) is 0 Å². The van der Waals surface area contributed by atoms with Gasteiger partial charge < -0.3 is 25.0 Å². The van der Waals surface area contributed by atoms with Crippen LogP contribution in [0.5, 0.6) is 0 Å². The van der Waals surface area contributed by atoms with Crippen molar-refractivity contribution >= 4 is 17.9 Å². The molecule has 2 N–H and O–H groups in total. The van der Waals surface area contributed by atoms with E-state index in [-0.39, 0.29) is 42.2 Å². The van der Waals surface area contributed by atoms with Crippen LogP contribution >= 0.6 is 0 Å². The number of alkyl carbamates (subject to hydrolysis) is 1. The van der Waals surface area contributed by atoms with Crippen molar-refractivity contribution in [3.63, 3.8) is 0 Å². The predicted molar refractivity (Wildman–Crippen MR) is 141 cm³/mol. The van der Waals surface area contributed by atoms with Crippen LogP contribution in [0.25, 0.3) is 11.4 Å². The lowest BCUT2D eigenvalue weighted by atomic mass is 10.00. The van der Waals surface area contributed by atoms with Gasteiger partial charge in [-0.15, -0.1) is 0 Å². The van der Waals surface area contributed by atoms with Gasteiger partial charge in [0, 0.05) is 43.5 Å². The third kappa shape index (κ3) is 7.76. The minimum atomic E-state index is -4.85. The molecule has 2 aliphatic rings. The van der Waals surface area contributed by atoms with E-state index in [1.54, 1.807) is 20.8 Å². The number of nitrogens with zero attached hydrogens (tertiary/aromatic N) is 4. The summed E-state index contributed by atoms with van der Waals surface area (Å²) < 4.78 is 88.9. The van der Waals surface area contributed by atoms with Crippen LogP contribution in [0.3, 0.4) is 0 Å². The summed E-state index contributed by atoms with van der Waals surface area (Å²) >= 11 is 0. The molecule has 2 aliphatic heterocycles. The normalized spacial score (nSPS) is 19.3. The lowest BCUT2D eigenvalue weighted by molar-refractivity contribution is -0.205. The third-order valence-electron chi connectivity index (χ3n) is 7.01. The highest BCUT2D eigenvalue weighted by atomic mass is 19.4. The Morgan fingerprint density at radius 2 is 1.80 bits per heavy atom. The molecule has 3 heterocycles. The number of fused-ring (bicyclic) bond motifs is 1. The van der Waals surface area contributed by atoms with Crippen molar-refractivity contribution in [2.75, 3.05) is 13.1 Å². The van der Waals surface area contributed by atoms with E-state index < -0.39 is 85.2 Å². The maximum atomic E-state index is 14.2. The molecule has 0 aliphatic carbocycles. The number of halogens is 6. The fraction of sp³-hybridized carbons (Fsp3) is 0.536. The number of rotatable bonds is 6. The van der Waals surface area contributed by atoms with E-state index in [1.165, 1.54) is 17.0 Å². The molecule has 0 spiro atoms. The van der Waals surface area contributed by atoms with Crippen LogP contribution in [-0.2, 0) is 33.5 Å². The molecule has 0 radical (unpaired) electrons. The van der Waals surface area contributed by atoms with Gasteiger partial charge in [0.1, 0.15) is 11.4 Å². The Morgan fingerprint density at radius 1 is 1.14 bits per heavy atom. The number of hydrogen-bond donors (Lipinski definition) is 2. The summed E-state index contributed by atoms with van der Waals surface area (Å²) in [5.74, 6) is -6.07. The van der Waals surface area contributed by atoms with Crippen molar-refractivity contribution in [1.29, 1.82) is 0 Å². The molecular weight excluding hydrogens is 600 g/mol. The number of hydrogen-bond acceptors (Lipinski definition) is 7. The first-order chi connectivity index (χ1) is 20.3. The number of amides is 3. The fourth-order valence-electron chi connectivity index (χ4n) is 4.93. The smallest absolute Gasteiger partial charge is 0.433 e. The van der Waals surface area contributed by atoms with E-state index in [0.717, 1.165) is 12.1 Å². The molecule has 0 saturated carbocycles. The molecule has 240 valence electrons. The number of likely N-dealkylation sites (tertiary alicyclic amines) is 1. The van der Waals surface area contributed by atoms with Crippen LogP contribution in [0.2, 0.25) is 0 Å². The maximum absolute atomic E-state index is 14.2. The molecule has 44 heavy (non-hydrogen) atoms. The Bertz CT molecular complexity index is 1410. The average molecular weight is 632 g/mol. The zero-order valence-electron chi connectivity index (χ0n) is 24.1. The van der Waals surface area contributed by atoms with Crippen LogP contribution < -0.4 is 5.32 Å². The Labute approximate surface area is 248 Å². The lowest BCUT2D eigenvalue weighted by Gasteiger charge is -2.39. The molecule has 1 aromatic carbocycles. The second kappa shape index (κ2) is 12.2. The van der Waals surface area contributed by atoms with E-state index in [1.807, 2.05) is 0 Å². The fourth-order valence-corrected chi connectivity index (χ4v) is 4.93. The topological polar surface area (TPSA) is 125 Å². The van der Waals surface area contributed by atoms with Crippen LogP contribution in [0.15, 0.2) is 24.3 Å². The zero-order valence-corrected chi connectivity index (χ0v) is 24.1. The number of aliphatic hydroxyl groups is 1. The maximum Gasteiger partial charge on any atom is 0.433 e. The number of carbonyl (C=O) groups is 3. The number of ether oxygens (including phenoxy) is 1. The molecule has 1 aromatic heterocycles. The number of benzene rings is 1. The Morgan fingerprint density at radius 3 is 2.41 bits per heavy atom. The minimum absolute atomic E-state index is 0.0934. The van der Waals surface area contributed by atoms with Gasteiger partial charge in [-0.05, 0) is 51.5 Å². The monoisotopic (exact) mass is 631 g/mol.